The van der Waals surface area contributed by atoms with Gasteiger partial charge in [-0.3, -0.25) is 0 Å². The van der Waals surface area contributed by atoms with Crippen molar-refractivity contribution in [2.45, 2.75) is 296 Å². The van der Waals surface area contributed by atoms with Gasteiger partial charge in [0.2, 0.25) is 0 Å². The molecule has 0 aliphatic heterocycles. The molecule has 0 unspecified atom stereocenters. The van der Waals surface area contributed by atoms with Crippen LogP contribution in [0.5, 0.6) is 0 Å². The standard InChI is InChI=1S/C48H98O4S/c1-3-5-7-9-11-13-15-17-19-21-23-25-27-29-31-33-35-37-39-41-43-45-47-51-53(49,50)52-48-46-44-42-40-38-36-34-32-30-28-26-24-22-20-18-16-14-12-10-8-6-4-2/h3-48H2,1-2H3. The lowest BCUT2D eigenvalue weighted by Gasteiger charge is -2.07. The van der Waals surface area contributed by atoms with E-state index in [9.17, 15) is 8.42 Å². The Morgan fingerprint density at radius 2 is 0.358 bits per heavy atom. The molecule has 0 bridgehead atoms. The van der Waals surface area contributed by atoms with Crippen LogP contribution in [0.15, 0.2) is 0 Å². The van der Waals surface area contributed by atoms with Gasteiger partial charge in [0, 0.05) is 0 Å². The van der Waals surface area contributed by atoms with Crippen molar-refractivity contribution in [1.82, 2.24) is 0 Å². The molecule has 0 aromatic heterocycles. The van der Waals surface area contributed by atoms with Gasteiger partial charge in [-0.2, -0.15) is 8.42 Å². The molecule has 0 aliphatic carbocycles. The molecule has 0 saturated heterocycles. The summed E-state index contributed by atoms with van der Waals surface area (Å²) in [5, 5.41) is 0. The fourth-order valence-corrected chi connectivity index (χ4v) is 8.49. The Balaban J connectivity index is 3.24. The first kappa shape index (κ1) is 52.9. The molecule has 0 saturated carbocycles. The number of unbranched alkanes of at least 4 members (excludes halogenated alkanes) is 42. The van der Waals surface area contributed by atoms with Crippen molar-refractivity contribution in [3.63, 3.8) is 0 Å². The highest BCUT2D eigenvalue weighted by Crippen LogP contribution is 2.17. The molecule has 320 valence electrons. The van der Waals surface area contributed by atoms with E-state index in [0.29, 0.717) is 0 Å². The number of hydrogen-bond donors (Lipinski definition) is 0. The molecule has 0 amide bonds. The third-order valence-electron chi connectivity index (χ3n) is 11.5. The lowest BCUT2D eigenvalue weighted by molar-refractivity contribution is 0.208. The van der Waals surface area contributed by atoms with Crippen LogP contribution in [0.3, 0.4) is 0 Å². The SMILES string of the molecule is CCCCCCCCCCCCCCCCCCCCCCCCOS(=O)(=O)OCCCCCCCCCCCCCCCCCCCCCCCC. The Kier molecular flexibility index (Phi) is 46.1. The van der Waals surface area contributed by atoms with E-state index >= 15 is 0 Å². The minimum Gasteiger partial charge on any atom is -0.248 e. The smallest absolute Gasteiger partial charge is 0.248 e. The quantitative estimate of drug-likeness (QED) is 0.0578. The molecular weight excluding hydrogens is 673 g/mol. The summed E-state index contributed by atoms with van der Waals surface area (Å²) in [7, 11) is -3.83. The normalized spacial score (nSPS) is 12.0. The molecule has 53 heavy (non-hydrogen) atoms. The second kappa shape index (κ2) is 46.3. The summed E-state index contributed by atoms with van der Waals surface area (Å²) in [6.07, 6.45) is 59.5. The second-order valence-corrected chi connectivity index (χ2v) is 18.2. The van der Waals surface area contributed by atoms with Crippen LogP contribution in [-0.2, 0) is 18.8 Å². The zero-order valence-electron chi connectivity index (χ0n) is 36.6. The Morgan fingerprint density at radius 3 is 0.509 bits per heavy atom. The topological polar surface area (TPSA) is 52.6 Å². The van der Waals surface area contributed by atoms with E-state index in [1.807, 2.05) is 0 Å². The Bertz CT molecular complexity index is 699. The number of hydrogen-bond acceptors (Lipinski definition) is 4. The molecule has 0 spiro atoms. The van der Waals surface area contributed by atoms with Crippen LogP contribution in [0, 0.1) is 0 Å². The van der Waals surface area contributed by atoms with E-state index in [0.717, 1.165) is 25.7 Å². The van der Waals surface area contributed by atoms with Gasteiger partial charge in [0.25, 0.3) is 0 Å². The highest BCUT2D eigenvalue weighted by Gasteiger charge is 2.11. The molecule has 4 nitrogen and oxygen atoms in total. The predicted octanol–water partition coefficient (Wildman–Crippen LogP) is 17.5. The van der Waals surface area contributed by atoms with Crippen LogP contribution in [0.1, 0.15) is 296 Å². The van der Waals surface area contributed by atoms with E-state index < -0.39 is 10.4 Å². The molecule has 0 fully saturated rings. The van der Waals surface area contributed by atoms with E-state index in [2.05, 4.69) is 13.8 Å². The van der Waals surface area contributed by atoms with Gasteiger partial charge in [0.05, 0.1) is 13.2 Å². The highest BCUT2D eigenvalue weighted by molar-refractivity contribution is 7.81. The van der Waals surface area contributed by atoms with Gasteiger partial charge in [-0.05, 0) is 12.8 Å². The van der Waals surface area contributed by atoms with Crippen molar-refractivity contribution in [3.05, 3.63) is 0 Å². The molecule has 0 radical (unpaired) electrons. The summed E-state index contributed by atoms with van der Waals surface area (Å²) in [6.45, 7) is 5.09. The maximum Gasteiger partial charge on any atom is 0.399 e. The van der Waals surface area contributed by atoms with Crippen LogP contribution in [-0.4, -0.2) is 21.6 Å². The van der Waals surface area contributed by atoms with Crippen molar-refractivity contribution in [2.75, 3.05) is 13.2 Å². The molecule has 5 heteroatoms. The third kappa shape index (κ3) is 47.9. The second-order valence-electron chi connectivity index (χ2n) is 16.9. The summed E-state index contributed by atoms with van der Waals surface area (Å²) in [5.41, 5.74) is 0. The molecule has 0 heterocycles. The van der Waals surface area contributed by atoms with Gasteiger partial charge >= 0.3 is 10.4 Å². The largest absolute Gasteiger partial charge is 0.399 e. The Morgan fingerprint density at radius 1 is 0.226 bits per heavy atom. The van der Waals surface area contributed by atoms with Crippen LogP contribution in [0.2, 0.25) is 0 Å². The lowest BCUT2D eigenvalue weighted by atomic mass is 10.0. The molecular formula is C48H98O4S. The zero-order valence-corrected chi connectivity index (χ0v) is 37.4. The van der Waals surface area contributed by atoms with Gasteiger partial charge in [-0.25, -0.2) is 8.37 Å². The summed E-state index contributed by atoms with van der Waals surface area (Å²) < 4.78 is 34.2. The predicted molar refractivity (Wildman–Crippen MR) is 235 cm³/mol. The van der Waals surface area contributed by atoms with E-state index in [1.54, 1.807) is 0 Å². The van der Waals surface area contributed by atoms with E-state index in [1.165, 1.54) is 257 Å². The fraction of sp³-hybridized carbons (Fsp3) is 1.00. The molecule has 0 aromatic carbocycles. The monoisotopic (exact) mass is 771 g/mol. The summed E-state index contributed by atoms with van der Waals surface area (Å²) in [4.78, 5) is 0. The van der Waals surface area contributed by atoms with Crippen LogP contribution >= 0.6 is 0 Å². The average Bonchev–Trinajstić information content (AvgIpc) is 3.15. The van der Waals surface area contributed by atoms with Crippen molar-refractivity contribution in [1.29, 1.82) is 0 Å². The first-order chi connectivity index (χ1) is 26.1. The van der Waals surface area contributed by atoms with Gasteiger partial charge in [-0.1, -0.05) is 284 Å². The average molecular weight is 771 g/mol. The van der Waals surface area contributed by atoms with Gasteiger partial charge in [0.15, 0.2) is 0 Å². The van der Waals surface area contributed by atoms with Crippen molar-refractivity contribution >= 4 is 10.4 Å². The summed E-state index contributed by atoms with van der Waals surface area (Å²) >= 11 is 0. The Labute approximate surface area is 335 Å². The van der Waals surface area contributed by atoms with Crippen LogP contribution in [0.4, 0.5) is 0 Å². The van der Waals surface area contributed by atoms with E-state index in [-0.39, 0.29) is 13.2 Å². The molecule has 0 rings (SSSR count). The van der Waals surface area contributed by atoms with Crippen molar-refractivity contribution in [3.8, 4) is 0 Å². The first-order valence-corrected chi connectivity index (χ1v) is 26.0. The summed E-state index contributed by atoms with van der Waals surface area (Å²) in [5.74, 6) is 0. The molecule has 0 aromatic rings. The fourth-order valence-electron chi connectivity index (χ4n) is 7.78. The summed E-state index contributed by atoms with van der Waals surface area (Å²) in [6, 6.07) is 0. The minimum atomic E-state index is -3.83. The van der Waals surface area contributed by atoms with Gasteiger partial charge in [0.1, 0.15) is 0 Å². The third-order valence-corrected chi connectivity index (χ3v) is 12.4. The minimum absolute atomic E-state index is 0.251. The molecule has 0 N–H and O–H groups in total. The Hall–Kier alpha value is -0.130. The van der Waals surface area contributed by atoms with Crippen LogP contribution < -0.4 is 0 Å². The maximum absolute atomic E-state index is 12.0. The van der Waals surface area contributed by atoms with Crippen molar-refractivity contribution < 1.29 is 16.8 Å². The molecule has 0 aliphatic rings. The maximum atomic E-state index is 12.0. The first-order valence-electron chi connectivity index (χ1n) is 24.7. The zero-order chi connectivity index (χ0) is 38.4. The van der Waals surface area contributed by atoms with Crippen molar-refractivity contribution in [2.24, 2.45) is 0 Å². The highest BCUT2D eigenvalue weighted by atomic mass is 32.3. The van der Waals surface area contributed by atoms with Gasteiger partial charge < -0.3 is 0 Å². The lowest BCUT2D eigenvalue weighted by Crippen LogP contribution is -2.12. The van der Waals surface area contributed by atoms with Gasteiger partial charge in [-0.15, -0.1) is 0 Å². The van der Waals surface area contributed by atoms with Crippen LogP contribution in [0.25, 0.3) is 0 Å². The number of rotatable bonds is 48. The molecule has 0 atom stereocenters. The van der Waals surface area contributed by atoms with E-state index in [4.69, 9.17) is 8.37 Å².